The summed E-state index contributed by atoms with van der Waals surface area (Å²) in [6, 6.07) is 0. The first-order valence-corrected chi connectivity index (χ1v) is 39.8. The Bertz CT molecular complexity index is 2210. The molecule has 0 aliphatic heterocycles. The van der Waals surface area contributed by atoms with Gasteiger partial charge in [-0.3, -0.25) is 32.5 Å². The van der Waals surface area contributed by atoms with Gasteiger partial charge in [0.05, 0.1) is 26.4 Å². The van der Waals surface area contributed by atoms with E-state index in [4.69, 9.17) is 32.3 Å². The summed E-state index contributed by atoms with van der Waals surface area (Å²) in [5, 5.41) is 20.6. The SMILES string of the molecule is CC/C=C\C/C=C\C/C=C\C/C=C\C/C=C\CCCCCCCCCCCC(=O)OCC(O)COP(=O)(O)OCC(O)COP(=O)(O)OCC(COC(=O)CCCCCCCC/C=C\C/C=C\C/C=C\CCCCC)OC(=O)CCCCCCC/C=C\C/C=C\CCCCC. The van der Waals surface area contributed by atoms with Crippen LogP contribution >= 0.6 is 15.6 Å². The predicted octanol–water partition coefficient (Wildman–Crippen LogP) is 21.0. The number of carbonyl (C=O) groups is 3. The quantitative estimate of drug-likeness (QED) is 0.0146. The molecule has 0 saturated heterocycles. The van der Waals surface area contributed by atoms with Gasteiger partial charge in [-0.15, -0.1) is 0 Å². The molecule has 546 valence electrons. The molecule has 0 aliphatic carbocycles. The summed E-state index contributed by atoms with van der Waals surface area (Å²) in [6.45, 7) is 2.47. The number of esters is 3. The van der Waals surface area contributed by atoms with Crippen LogP contribution in [-0.2, 0) is 55.8 Å². The van der Waals surface area contributed by atoms with Crippen molar-refractivity contribution in [3.05, 3.63) is 122 Å². The lowest BCUT2D eigenvalue weighted by atomic mass is 10.1. The van der Waals surface area contributed by atoms with Crippen molar-refractivity contribution in [1.82, 2.24) is 0 Å². The van der Waals surface area contributed by atoms with Crippen LogP contribution in [-0.4, -0.2) is 95.9 Å². The summed E-state index contributed by atoms with van der Waals surface area (Å²) in [4.78, 5) is 58.5. The van der Waals surface area contributed by atoms with Crippen LogP contribution in [0.2, 0.25) is 0 Å². The van der Waals surface area contributed by atoms with E-state index in [1.54, 1.807) is 0 Å². The zero-order chi connectivity index (χ0) is 69.5. The van der Waals surface area contributed by atoms with Crippen molar-refractivity contribution in [3.8, 4) is 0 Å². The number of rotatable bonds is 69. The Hall–Kier alpha value is -4.05. The van der Waals surface area contributed by atoms with Crippen molar-refractivity contribution in [3.63, 3.8) is 0 Å². The van der Waals surface area contributed by atoms with E-state index in [0.717, 1.165) is 167 Å². The topological polar surface area (TPSA) is 231 Å². The number of aliphatic hydroxyl groups excluding tert-OH is 2. The fourth-order valence-electron chi connectivity index (χ4n) is 9.52. The van der Waals surface area contributed by atoms with E-state index in [9.17, 15) is 43.5 Å². The normalized spacial score (nSPS) is 14.8. The molecule has 0 heterocycles. The minimum Gasteiger partial charge on any atom is -0.463 e. The molecule has 0 bridgehead atoms. The van der Waals surface area contributed by atoms with E-state index in [1.165, 1.54) is 64.2 Å². The molecule has 0 aromatic heterocycles. The molecule has 0 rings (SSSR count). The van der Waals surface area contributed by atoms with Crippen LogP contribution in [0.4, 0.5) is 0 Å². The fraction of sp³-hybridized carbons (Fsp3) is 0.701. The predicted molar refractivity (Wildman–Crippen MR) is 390 cm³/mol. The first kappa shape index (κ1) is 91.0. The largest absolute Gasteiger partial charge is 0.472 e. The fourth-order valence-corrected chi connectivity index (χ4v) is 11.1. The van der Waals surface area contributed by atoms with Gasteiger partial charge < -0.3 is 34.2 Å². The minimum absolute atomic E-state index is 0.0836. The summed E-state index contributed by atoms with van der Waals surface area (Å²) in [5.41, 5.74) is 0. The molecule has 95 heavy (non-hydrogen) atoms. The molecule has 0 saturated carbocycles. The zero-order valence-corrected chi connectivity index (χ0v) is 61.1. The second-order valence-electron chi connectivity index (χ2n) is 24.4. The van der Waals surface area contributed by atoms with Crippen LogP contribution in [0.25, 0.3) is 0 Å². The Morgan fingerprint density at radius 2 is 0.558 bits per heavy atom. The first-order chi connectivity index (χ1) is 46.2. The van der Waals surface area contributed by atoms with Crippen molar-refractivity contribution in [2.45, 2.75) is 309 Å². The molecule has 16 nitrogen and oxygen atoms in total. The Kier molecular flexibility index (Phi) is 66.9. The Morgan fingerprint density at radius 3 is 0.884 bits per heavy atom. The number of ether oxygens (including phenoxy) is 3. The van der Waals surface area contributed by atoms with Gasteiger partial charge >= 0.3 is 33.6 Å². The third-order valence-electron chi connectivity index (χ3n) is 15.1. The molecule has 4 N–H and O–H groups in total. The Balaban J connectivity index is 4.61. The van der Waals surface area contributed by atoms with E-state index in [2.05, 4.69) is 142 Å². The van der Waals surface area contributed by atoms with Gasteiger partial charge in [0, 0.05) is 19.3 Å². The highest BCUT2D eigenvalue weighted by Crippen LogP contribution is 2.45. The van der Waals surface area contributed by atoms with Crippen molar-refractivity contribution >= 4 is 33.6 Å². The number of phosphoric ester groups is 2. The molecule has 0 spiro atoms. The summed E-state index contributed by atoms with van der Waals surface area (Å²) < 4.78 is 61.0. The van der Waals surface area contributed by atoms with Crippen molar-refractivity contribution in [1.29, 1.82) is 0 Å². The number of hydrogen-bond donors (Lipinski definition) is 4. The molecular weight excluding hydrogens is 1240 g/mol. The molecule has 0 fully saturated rings. The van der Waals surface area contributed by atoms with E-state index in [-0.39, 0.29) is 19.3 Å². The lowest BCUT2D eigenvalue weighted by Crippen LogP contribution is -2.30. The molecule has 0 aliphatic rings. The van der Waals surface area contributed by atoms with Gasteiger partial charge in [-0.2, -0.15) is 0 Å². The van der Waals surface area contributed by atoms with Crippen molar-refractivity contribution < 1.29 is 75.8 Å². The molecule has 18 heteroatoms. The Morgan fingerprint density at radius 1 is 0.305 bits per heavy atom. The lowest BCUT2D eigenvalue weighted by Gasteiger charge is -2.21. The van der Waals surface area contributed by atoms with E-state index in [0.29, 0.717) is 19.3 Å². The number of unbranched alkanes of at least 4 members (excludes halogenated alkanes) is 26. The second-order valence-corrected chi connectivity index (χ2v) is 27.3. The van der Waals surface area contributed by atoms with Gasteiger partial charge in [0.2, 0.25) is 0 Å². The van der Waals surface area contributed by atoms with Gasteiger partial charge in [0.25, 0.3) is 0 Å². The van der Waals surface area contributed by atoms with Crippen LogP contribution in [0.3, 0.4) is 0 Å². The maximum Gasteiger partial charge on any atom is 0.472 e. The molecule has 5 atom stereocenters. The van der Waals surface area contributed by atoms with E-state index < -0.39 is 91.5 Å². The molecule has 0 radical (unpaired) electrons. The lowest BCUT2D eigenvalue weighted by molar-refractivity contribution is -0.161. The molecule has 0 aromatic rings. The maximum atomic E-state index is 12.9. The van der Waals surface area contributed by atoms with Crippen LogP contribution in [0.1, 0.15) is 290 Å². The number of allylic oxidation sites excluding steroid dienone is 20. The molecular formula is C77H132O16P2. The molecule has 0 amide bonds. The highest BCUT2D eigenvalue weighted by Gasteiger charge is 2.29. The monoisotopic (exact) mass is 1370 g/mol. The number of aliphatic hydroxyl groups is 2. The highest BCUT2D eigenvalue weighted by molar-refractivity contribution is 7.47. The smallest absolute Gasteiger partial charge is 0.463 e. The van der Waals surface area contributed by atoms with Crippen molar-refractivity contribution in [2.24, 2.45) is 0 Å². The van der Waals surface area contributed by atoms with Crippen molar-refractivity contribution in [2.75, 3.05) is 39.6 Å². The van der Waals surface area contributed by atoms with Crippen LogP contribution in [0.5, 0.6) is 0 Å². The standard InChI is InChI=1S/C77H132O16P2/c1-4-7-10-13-16-19-22-25-28-30-32-33-34-35-36-37-39-41-43-45-48-51-54-57-60-63-75(80)87-66-72(78)67-89-94(83,84)90-68-73(79)69-91-95(85,86)92-71-74(93-77(82)65-62-59-56-53-50-47-42-27-24-21-18-15-12-9-6-3)70-88-76(81)64-61-58-55-52-49-46-44-40-38-31-29-26-23-20-17-14-11-8-5-2/h7,10,16-21,25-29,32-33,35-36,38,40,42,72-74,78-79H,4-6,8-9,11-15,22-24,30-31,34,37,39,41,43-71H2,1-3H3,(H,83,84)(H,85,86)/b10-7-,19-16-,20-17-,21-18-,28-25-,29-26-,33-32-,36-35-,40-38-,42-27-. The van der Waals surface area contributed by atoms with Gasteiger partial charge in [0.1, 0.15) is 25.4 Å². The van der Waals surface area contributed by atoms with Crippen LogP contribution in [0, 0.1) is 0 Å². The summed E-state index contributed by atoms with van der Waals surface area (Å²) in [6.07, 6.45) is 80.9. The van der Waals surface area contributed by atoms with Crippen LogP contribution < -0.4 is 0 Å². The third-order valence-corrected chi connectivity index (χ3v) is 17.0. The highest BCUT2D eigenvalue weighted by atomic mass is 31.2. The van der Waals surface area contributed by atoms with E-state index in [1.807, 2.05) is 0 Å². The summed E-state index contributed by atoms with van der Waals surface area (Å²) >= 11 is 0. The first-order valence-electron chi connectivity index (χ1n) is 36.8. The van der Waals surface area contributed by atoms with Crippen LogP contribution in [0.15, 0.2) is 122 Å². The van der Waals surface area contributed by atoms with Gasteiger partial charge in [-0.25, -0.2) is 9.13 Å². The van der Waals surface area contributed by atoms with E-state index >= 15 is 0 Å². The second kappa shape index (κ2) is 69.8. The number of hydrogen-bond acceptors (Lipinski definition) is 14. The zero-order valence-electron chi connectivity index (χ0n) is 59.3. The van der Waals surface area contributed by atoms with Gasteiger partial charge in [0.15, 0.2) is 6.10 Å². The number of phosphoric acid groups is 2. The minimum atomic E-state index is -4.94. The van der Waals surface area contributed by atoms with Gasteiger partial charge in [-0.05, 0) is 135 Å². The van der Waals surface area contributed by atoms with Gasteiger partial charge in [-0.1, -0.05) is 258 Å². The maximum absolute atomic E-state index is 12.9. The third kappa shape index (κ3) is 71.1. The summed E-state index contributed by atoms with van der Waals surface area (Å²) in [7, 11) is -9.79. The Labute approximate surface area is 576 Å². The molecule has 0 aromatic carbocycles. The summed E-state index contributed by atoms with van der Waals surface area (Å²) in [5.74, 6) is -1.61. The average molecular weight is 1380 g/mol. The molecule has 5 unspecified atom stereocenters. The average Bonchev–Trinajstić information content (AvgIpc) is 2.24. The number of carbonyl (C=O) groups excluding carboxylic acids is 3.